The number of hydrogen-bond acceptors (Lipinski definition) is 3. The second kappa shape index (κ2) is 6.89. The van der Waals surface area contributed by atoms with Crippen LogP contribution in [0, 0.1) is 0 Å². The van der Waals surface area contributed by atoms with Crippen LogP contribution in [0.3, 0.4) is 0 Å². The molecule has 0 spiro atoms. The number of carbonyl (C=O) groups excluding carboxylic acids is 1. The molecule has 1 aromatic rings. The summed E-state index contributed by atoms with van der Waals surface area (Å²) in [4.78, 5) is 15.9. The topological polar surface area (TPSA) is 51.2 Å². The summed E-state index contributed by atoms with van der Waals surface area (Å²) >= 11 is 0. The summed E-state index contributed by atoms with van der Waals surface area (Å²) in [6.07, 6.45) is -0.801. The molecule has 2 rings (SSSR count). The molecule has 116 valence electrons. The van der Waals surface area contributed by atoms with Crippen molar-refractivity contribution in [2.24, 2.45) is 0 Å². The molecular weight excluding hydrogens is 285 g/mol. The number of nitrogens with one attached hydrogen (secondary N) is 1. The summed E-state index contributed by atoms with van der Waals surface area (Å²) < 4.78 is 41.3. The highest BCUT2D eigenvalue weighted by Crippen LogP contribution is 2.24. The average molecular weight is 302 g/mol. The molecule has 0 aromatic carbocycles. The lowest BCUT2D eigenvalue weighted by Gasteiger charge is -2.29. The fourth-order valence-corrected chi connectivity index (χ4v) is 2.40. The zero-order valence-electron chi connectivity index (χ0n) is 11.4. The van der Waals surface area contributed by atoms with Gasteiger partial charge in [-0.25, -0.2) is 0 Å². The number of carbonyl (C=O) groups is 1. The molecule has 21 heavy (non-hydrogen) atoms. The van der Waals surface area contributed by atoms with Gasteiger partial charge in [-0.3, -0.25) is 9.78 Å². The van der Waals surface area contributed by atoms with Crippen molar-refractivity contribution in [1.29, 1.82) is 0 Å². The Bertz CT molecular complexity index is 465. The van der Waals surface area contributed by atoms with Crippen LogP contribution in [0.5, 0.6) is 0 Å². The SMILES string of the molecule is O=C(N[C@@H]1CCC[C@H](OCC(F)(F)F)C1)c1ccccn1. The minimum atomic E-state index is -4.32. The molecule has 1 N–H and O–H groups in total. The maximum Gasteiger partial charge on any atom is 0.411 e. The molecule has 1 heterocycles. The zero-order chi connectivity index (χ0) is 15.3. The number of alkyl halides is 3. The van der Waals surface area contributed by atoms with E-state index in [1.54, 1.807) is 18.2 Å². The van der Waals surface area contributed by atoms with Crippen LogP contribution >= 0.6 is 0 Å². The summed E-state index contributed by atoms with van der Waals surface area (Å²) in [6, 6.07) is 4.83. The molecule has 1 aliphatic rings. The van der Waals surface area contributed by atoms with Crippen LogP contribution < -0.4 is 5.32 Å². The molecule has 0 radical (unpaired) electrons. The van der Waals surface area contributed by atoms with Gasteiger partial charge in [0.25, 0.3) is 5.91 Å². The number of pyridine rings is 1. The van der Waals surface area contributed by atoms with Gasteiger partial charge in [0.05, 0.1) is 6.10 Å². The van der Waals surface area contributed by atoms with Crippen LogP contribution in [0.15, 0.2) is 24.4 Å². The fourth-order valence-electron chi connectivity index (χ4n) is 2.40. The maximum absolute atomic E-state index is 12.1. The largest absolute Gasteiger partial charge is 0.411 e. The van der Waals surface area contributed by atoms with Crippen LogP contribution in [0.25, 0.3) is 0 Å². The monoisotopic (exact) mass is 302 g/mol. The number of halogens is 3. The molecule has 0 saturated heterocycles. The van der Waals surface area contributed by atoms with Crippen molar-refractivity contribution in [1.82, 2.24) is 10.3 Å². The Morgan fingerprint density at radius 1 is 1.38 bits per heavy atom. The fraction of sp³-hybridized carbons (Fsp3) is 0.571. The van der Waals surface area contributed by atoms with Crippen molar-refractivity contribution in [3.8, 4) is 0 Å². The second-order valence-electron chi connectivity index (χ2n) is 5.10. The maximum atomic E-state index is 12.1. The van der Waals surface area contributed by atoms with Crippen LogP contribution in [-0.2, 0) is 4.74 Å². The van der Waals surface area contributed by atoms with Crippen molar-refractivity contribution >= 4 is 5.91 Å². The minimum absolute atomic E-state index is 0.175. The second-order valence-corrected chi connectivity index (χ2v) is 5.10. The Kier molecular flexibility index (Phi) is 5.17. The van der Waals surface area contributed by atoms with Crippen molar-refractivity contribution in [2.75, 3.05) is 6.61 Å². The molecule has 7 heteroatoms. The molecule has 0 bridgehead atoms. The summed E-state index contributed by atoms with van der Waals surface area (Å²) in [5.41, 5.74) is 0.302. The Morgan fingerprint density at radius 3 is 2.86 bits per heavy atom. The van der Waals surface area contributed by atoms with Gasteiger partial charge in [-0.1, -0.05) is 6.07 Å². The lowest BCUT2D eigenvalue weighted by Crippen LogP contribution is -2.41. The predicted molar refractivity (Wildman–Crippen MR) is 69.8 cm³/mol. The molecule has 1 aromatic heterocycles. The van der Waals surface area contributed by atoms with Gasteiger partial charge < -0.3 is 10.1 Å². The van der Waals surface area contributed by atoms with Crippen molar-refractivity contribution in [2.45, 2.75) is 44.0 Å². The third kappa shape index (κ3) is 5.34. The van der Waals surface area contributed by atoms with E-state index in [-0.39, 0.29) is 11.9 Å². The molecular formula is C14H17F3N2O2. The number of rotatable bonds is 4. The highest BCUT2D eigenvalue weighted by Gasteiger charge is 2.31. The first-order valence-corrected chi connectivity index (χ1v) is 6.84. The van der Waals surface area contributed by atoms with Gasteiger partial charge in [-0.2, -0.15) is 13.2 Å². The lowest BCUT2D eigenvalue weighted by molar-refractivity contribution is -0.188. The lowest BCUT2D eigenvalue weighted by atomic mass is 9.92. The van der Waals surface area contributed by atoms with Gasteiger partial charge in [0, 0.05) is 12.2 Å². The average Bonchev–Trinajstić information content (AvgIpc) is 2.46. The quantitative estimate of drug-likeness (QED) is 0.930. The number of nitrogens with zero attached hydrogens (tertiary/aromatic N) is 1. The van der Waals surface area contributed by atoms with Gasteiger partial charge in [0.15, 0.2) is 0 Å². The van der Waals surface area contributed by atoms with E-state index in [9.17, 15) is 18.0 Å². The summed E-state index contributed by atoms with van der Waals surface area (Å²) in [7, 11) is 0. The standard InChI is InChI=1S/C14H17F3N2O2/c15-14(16,17)9-21-11-5-3-4-10(8-11)19-13(20)12-6-1-2-7-18-12/h1-2,6-7,10-11H,3-5,8-9H2,(H,19,20)/t10-,11+/m1/s1. The van der Waals surface area contributed by atoms with Gasteiger partial charge >= 0.3 is 6.18 Å². The van der Waals surface area contributed by atoms with Crippen LogP contribution in [0.2, 0.25) is 0 Å². The van der Waals surface area contributed by atoms with Crippen LogP contribution in [0.1, 0.15) is 36.2 Å². The number of amides is 1. The number of hydrogen-bond donors (Lipinski definition) is 1. The van der Waals surface area contributed by atoms with E-state index < -0.39 is 18.9 Å². The Hall–Kier alpha value is -1.63. The molecule has 1 fully saturated rings. The molecule has 0 aliphatic heterocycles. The van der Waals surface area contributed by atoms with Crippen LogP contribution in [-0.4, -0.2) is 35.8 Å². The third-order valence-electron chi connectivity index (χ3n) is 3.34. The molecule has 0 unspecified atom stereocenters. The summed E-state index contributed by atoms with van der Waals surface area (Å²) in [5, 5.41) is 2.80. The Morgan fingerprint density at radius 2 is 2.19 bits per heavy atom. The summed E-state index contributed by atoms with van der Waals surface area (Å²) in [5.74, 6) is -0.308. The molecule has 1 saturated carbocycles. The minimum Gasteiger partial charge on any atom is -0.369 e. The molecule has 4 nitrogen and oxygen atoms in total. The first-order chi connectivity index (χ1) is 9.94. The van der Waals surface area contributed by atoms with Crippen LogP contribution in [0.4, 0.5) is 13.2 Å². The van der Waals surface area contributed by atoms with Gasteiger partial charge in [0.2, 0.25) is 0 Å². The number of ether oxygens (including phenoxy) is 1. The highest BCUT2D eigenvalue weighted by atomic mass is 19.4. The van der Waals surface area contributed by atoms with Crippen molar-refractivity contribution in [3.05, 3.63) is 30.1 Å². The van der Waals surface area contributed by atoms with Gasteiger partial charge in [-0.05, 0) is 37.8 Å². The van der Waals surface area contributed by atoms with Crippen molar-refractivity contribution < 1.29 is 22.7 Å². The predicted octanol–water partition coefficient (Wildman–Crippen LogP) is 2.70. The molecule has 1 aliphatic carbocycles. The molecule has 1 amide bonds. The Balaban J connectivity index is 1.82. The molecule has 2 atom stereocenters. The first-order valence-electron chi connectivity index (χ1n) is 6.84. The summed E-state index contributed by atoms with van der Waals surface area (Å²) in [6.45, 7) is -1.24. The van der Waals surface area contributed by atoms with E-state index in [0.29, 0.717) is 18.5 Å². The van der Waals surface area contributed by atoms with E-state index >= 15 is 0 Å². The van der Waals surface area contributed by atoms with E-state index in [2.05, 4.69) is 10.3 Å². The smallest absolute Gasteiger partial charge is 0.369 e. The van der Waals surface area contributed by atoms with E-state index in [0.717, 1.165) is 12.8 Å². The van der Waals surface area contributed by atoms with Gasteiger partial charge in [-0.15, -0.1) is 0 Å². The van der Waals surface area contributed by atoms with E-state index in [4.69, 9.17) is 4.74 Å². The zero-order valence-corrected chi connectivity index (χ0v) is 11.4. The highest BCUT2D eigenvalue weighted by molar-refractivity contribution is 5.92. The van der Waals surface area contributed by atoms with Crippen molar-refractivity contribution in [3.63, 3.8) is 0 Å². The third-order valence-corrected chi connectivity index (χ3v) is 3.34. The Labute approximate surface area is 120 Å². The normalized spacial score (nSPS) is 22.8. The van der Waals surface area contributed by atoms with Gasteiger partial charge in [0.1, 0.15) is 12.3 Å². The first kappa shape index (κ1) is 15.8. The van der Waals surface area contributed by atoms with E-state index in [1.807, 2.05) is 0 Å². The van der Waals surface area contributed by atoms with E-state index in [1.165, 1.54) is 6.20 Å². The number of aromatic nitrogens is 1.